The Labute approximate surface area is 95.0 Å². The van der Waals surface area contributed by atoms with Gasteiger partial charge in [0.2, 0.25) is 5.78 Å². The summed E-state index contributed by atoms with van der Waals surface area (Å²) in [6.45, 7) is -2.12. The van der Waals surface area contributed by atoms with Crippen LogP contribution in [0.4, 0.5) is 17.6 Å². The van der Waals surface area contributed by atoms with E-state index in [4.69, 9.17) is 0 Å². The number of carbonyl (C=O) groups excluding carboxylic acids is 1. The van der Waals surface area contributed by atoms with Crippen molar-refractivity contribution in [2.45, 2.75) is 12.3 Å². The van der Waals surface area contributed by atoms with Gasteiger partial charge in [0, 0.05) is 13.2 Å². The summed E-state index contributed by atoms with van der Waals surface area (Å²) in [5, 5.41) is 0. The molecule has 0 amide bonds. The average Bonchev–Trinajstić information content (AvgIpc) is 2.63. The third kappa shape index (κ3) is 3.55. The lowest BCUT2D eigenvalue weighted by Crippen LogP contribution is -2.33. The molecule has 0 aromatic carbocycles. The molecule has 17 heavy (non-hydrogen) atoms. The second-order valence-corrected chi connectivity index (χ2v) is 3.48. The lowest BCUT2D eigenvalue weighted by Gasteiger charge is -2.14. The maximum absolute atomic E-state index is 12.4. The predicted molar refractivity (Wildman–Crippen MR) is 51.5 cm³/mol. The molecule has 0 saturated carbocycles. The third-order valence-electron chi connectivity index (χ3n) is 2.08. The first-order valence-corrected chi connectivity index (χ1v) is 4.73. The maximum Gasteiger partial charge on any atom is 0.330 e. The Morgan fingerprint density at radius 1 is 1.53 bits per heavy atom. The summed E-state index contributed by atoms with van der Waals surface area (Å²) in [5.41, 5.74) is 0.269. The molecule has 0 fully saturated rings. The Hall–Kier alpha value is -1.37. The maximum atomic E-state index is 12.4. The van der Waals surface area contributed by atoms with E-state index in [2.05, 4.69) is 4.74 Å². The normalized spacial score (nSPS) is 12.1. The van der Waals surface area contributed by atoms with Gasteiger partial charge < -0.3 is 9.30 Å². The molecule has 1 aromatic heterocycles. The number of alkyl halides is 4. The van der Waals surface area contributed by atoms with E-state index >= 15 is 0 Å². The van der Waals surface area contributed by atoms with Crippen LogP contribution in [0.2, 0.25) is 0 Å². The summed E-state index contributed by atoms with van der Waals surface area (Å²) in [6, 6.07) is 3.08. The fourth-order valence-electron chi connectivity index (χ4n) is 1.17. The van der Waals surface area contributed by atoms with Gasteiger partial charge in [0.25, 0.3) is 0 Å². The zero-order valence-electron chi connectivity index (χ0n) is 9.00. The fraction of sp³-hybridized carbons (Fsp3) is 0.500. The van der Waals surface area contributed by atoms with Crippen molar-refractivity contribution in [3.63, 3.8) is 0 Å². The molecule has 1 aromatic rings. The Morgan fingerprint density at radius 2 is 2.18 bits per heavy atom. The first-order valence-electron chi connectivity index (χ1n) is 4.73. The van der Waals surface area contributed by atoms with E-state index in [9.17, 15) is 22.4 Å². The van der Waals surface area contributed by atoms with Crippen LogP contribution in [0.15, 0.2) is 18.3 Å². The van der Waals surface area contributed by atoms with Crippen LogP contribution in [0.25, 0.3) is 0 Å². The van der Waals surface area contributed by atoms with Crippen molar-refractivity contribution in [2.75, 3.05) is 13.2 Å². The second kappa shape index (κ2) is 5.31. The summed E-state index contributed by atoms with van der Waals surface area (Å²) >= 11 is 0. The van der Waals surface area contributed by atoms with Gasteiger partial charge in [0.05, 0.1) is 5.69 Å². The van der Waals surface area contributed by atoms with Crippen LogP contribution >= 0.6 is 0 Å². The molecule has 0 aliphatic carbocycles. The first-order chi connectivity index (χ1) is 7.84. The molecule has 1 rings (SSSR count). The van der Waals surface area contributed by atoms with Gasteiger partial charge in [-0.25, -0.2) is 8.78 Å². The number of hydrogen-bond donors (Lipinski definition) is 0. The van der Waals surface area contributed by atoms with Crippen molar-refractivity contribution >= 4 is 5.78 Å². The topological polar surface area (TPSA) is 31.2 Å². The van der Waals surface area contributed by atoms with Gasteiger partial charge in [-0.15, -0.1) is 0 Å². The number of Topliss-reactive ketones (excluding diaryl/α,β-unsaturated/α-hetero) is 1. The minimum Gasteiger partial charge on any atom is -0.367 e. The highest BCUT2D eigenvalue weighted by molar-refractivity contribution is 5.95. The molecule has 96 valence electrons. The van der Waals surface area contributed by atoms with E-state index in [0.29, 0.717) is 0 Å². The fourth-order valence-corrected chi connectivity index (χ4v) is 1.17. The van der Waals surface area contributed by atoms with Gasteiger partial charge in [-0.05, 0) is 12.1 Å². The largest absolute Gasteiger partial charge is 0.367 e. The van der Waals surface area contributed by atoms with E-state index in [0.717, 1.165) is 0 Å². The number of ketones is 1. The van der Waals surface area contributed by atoms with E-state index < -0.39 is 31.3 Å². The van der Waals surface area contributed by atoms with Crippen molar-refractivity contribution in [1.82, 2.24) is 4.57 Å². The van der Waals surface area contributed by atoms with E-state index in [1.807, 2.05) is 0 Å². The van der Waals surface area contributed by atoms with Crippen LogP contribution in [0.3, 0.4) is 0 Å². The van der Waals surface area contributed by atoms with Crippen molar-refractivity contribution in [3.05, 3.63) is 24.0 Å². The second-order valence-electron chi connectivity index (χ2n) is 3.48. The Bertz CT molecular complexity index is 389. The smallest absolute Gasteiger partial charge is 0.330 e. The van der Waals surface area contributed by atoms with Gasteiger partial charge in [-0.1, -0.05) is 0 Å². The number of aryl methyl sites for hydroxylation is 1. The number of ether oxygens (including phenoxy) is 1. The molecule has 0 saturated heterocycles. The van der Waals surface area contributed by atoms with Gasteiger partial charge in [-0.2, -0.15) is 8.78 Å². The molecule has 0 atom stereocenters. The lowest BCUT2D eigenvalue weighted by atomic mass is 10.3. The highest BCUT2D eigenvalue weighted by Crippen LogP contribution is 2.22. The Balaban J connectivity index is 2.43. The summed E-state index contributed by atoms with van der Waals surface area (Å²) < 4.78 is 54.2. The van der Waals surface area contributed by atoms with Crippen LogP contribution in [0.1, 0.15) is 10.5 Å². The predicted octanol–water partition coefficient (Wildman–Crippen LogP) is 2.12. The van der Waals surface area contributed by atoms with Crippen LogP contribution in [0, 0.1) is 0 Å². The number of rotatable bonds is 6. The Kier molecular flexibility index (Phi) is 4.28. The van der Waals surface area contributed by atoms with Crippen molar-refractivity contribution in [2.24, 2.45) is 7.05 Å². The molecular weight excluding hydrogens is 242 g/mol. The third-order valence-corrected chi connectivity index (χ3v) is 2.08. The summed E-state index contributed by atoms with van der Waals surface area (Å²) in [4.78, 5) is 11.4. The van der Waals surface area contributed by atoms with Crippen LogP contribution < -0.4 is 0 Å². The van der Waals surface area contributed by atoms with Gasteiger partial charge >= 0.3 is 12.3 Å². The minimum absolute atomic E-state index is 0.269. The van der Waals surface area contributed by atoms with Crippen LogP contribution in [0.5, 0.6) is 0 Å². The molecule has 7 heteroatoms. The molecule has 0 radical (unpaired) electrons. The van der Waals surface area contributed by atoms with Crippen molar-refractivity contribution < 1.29 is 27.1 Å². The molecule has 0 aliphatic heterocycles. The summed E-state index contributed by atoms with van der Waals surface area (Å²) in [7, 11) is 1.60. The SMILES string of the molecule is Cn1cccc1C(=O)COCC(F)(F)C(F)F. The van der Waals surface area contributed by atoms with E-state index in [1.165, 1.54) is 10.6 Å². The monoisotopic (exact) mass is 253 g/mol. The highest BCUT2D eigenvalue weighted by Gasteiger charge is 2.41. The minimum atomic E-state index is -4.23. The van der Waals surface area contributed by atoms with Gasteiger partial charge in [-0.3, -0.25) is 4.79 Å². The van der Waals surface area contributed by atoms with Gasteiger partial charge in [0.15, 0.2) is 0 Å². The average molecular weight is 253 g/mol. The summed E-state index contributed by atoms with van der Waals surface area (Å²) in [5.74, 6) is -4.77. The molecule has 0 N–H and O–H groups in total. The zero-order valence-corrected chi connectivity index (χ0v) is 9.00. The molecular formula is C10H11F4NO2. The number of halogens is 4. The molecule has 1 heterocycles. The van der Waals surface area contributed by atoms with E-state index in [-0.39, 0.29) is 5.69 Å². The zero-order chi connectivity index (χ0) is 13.1. The quantitative estimate of drug-likeness (QED) is 0.574. The standard InChI is InChI=1S/C10H11F4NO2/c1-15-4-2-3-7(15)8(16)5-17-6-10(13,14)9(11)12/h2-4,9H,5-6H2,1H3. The van der Waals surface area contributed by atoms with Gasteiger partial charge in [0.1, 0.15) is 13.2 Å². The number of aromatic nitrogens is 1. The molecule has 0 spiro atoms. The van der Waals surface area contributed by atoms with Crippen molar-refractivity contribution in [1.29, 1.82) is 0 Å². The van der Waals surface area contributed by atoms with Crippen LogP contribution in [-0.2, 0) is 11.8 Å². The lowest BCUT2D eigenvalue weighted by molar-refractivity contribution is -0.163. The van der Waals surface area contributed by atoms with E-state index in [1.54, 1.807) is 19.3 Å². The molecule has 0 unspecified atom stereocenters. The first kappa shape index (κ1) is 13.7. The number of nitrogens with zero attached hydrogens (tertiary/aromatic N) is 1. The number of hydrogen-bond acceptors (Lipinski definition) is 2. The molecule has 0 aliphatic rings. The molecule has 3 nitrogen and oxygen atoms in total. The molecule has 0 bridgehead atoms. The number of carbonyl (C=O) groups is 1. The highest BCUT2D eigenvalue weighted by atomic mass is 19.3. The Morgan fingerprint density at radius 3 is 2.65 bits per heavy atom. The van der Waals surface area contributed by atoms with Crippen molar-refractivity contribution in [3.8, 4) is 0 Å². The summed E-state index contributed by atoms with van der Waals surface area (Å²) in [6.07, 6.45) is -2.20. The van der Waals surface area contributed by atoms with Crippen LogP contribution in [-0.4, -0.2) is 35.9 Å².